The van der Waals surface area contributed by atoms with E-state index in [1.54, 1.807) is 12.4 Å². The molecule has 242 valence electrons. The van der Waals surface area contributed by atoms with Crippen molar-refractivity contribution >= 4 is 18.4 Å². The van der Waals surface area contributed by atoms with Gasteiger partial charge >= 0.3 is 0 Å². The van der Waals surface area contributed by atoms with Gasteiger partial charge in [0.15, 0.2) is 5.82 Å². The predicted molar refractivity (Wildman–Crippen MR) is 212 cm³/mol. The number of aromatic nitrogens is 4. The molecule has 6 aromatic carbocycles. The van der Waals surface area contributed by atoms with Gasteiger partial charge in [-0.3, -0.25) is 9.97 Å². The Labute approximate surface area is 299 Å². The molecule has 5 heteroatoms. The first kappa shape index (κ1) is 30.7. The smallest absolute Gasteiger partial charge is 0.160 e. The fourth-order valence-corrected chi connectivity index (χ4v) is 10.7. The predicted octanol–water partition coefficient (Wildman–Crippen LogP) is 10.1. The van der Waals surface area contributed by atoms with Crippen molar-refractivity contribution in [3.05, 3.63) is 170 Å². The van der Waals surface area contributed by atoms with Crippen LogP contribution in [0.5, 0.6) is 0 Å². The minimum absolute atomic E-state index is 0.748. The molecule has 0 N–H and O–H groups in total. The number of hydrogen-bond acceptors (Lipinski definition) is 4. The fraction of sp³-hybridized carbons (Fsp3) is 0.0435. The maximum absolute atomic E-state index is 5.34. The Bertz CT molecular complexity index is 2560. The van der Waals surface area contributed by atoms with Gasteiger partial charge in [0.05, 0.1) is 22.8 Å². The third-order valence-corrected chi connectivity index (χ3v) is 13.5. The van der Waals surface area contributed by atoms with Crippen LogP contribution in [0.15, 0.2) is 170 Å². The van der Waals surface area contributed by atoms with E-state index in [2.05, 4.69) is 153 Å². The van der Waals surface area contributed by atoms with Crippen LogP contribution in [0.2, 0.25) is 13.1 Å². The number of fused-ring (bicyclic) bond motifs is 3. The lowest BCUT2D eigenvalue weighted by Gasteiger charge is -2.21. The zero-order chi connectivity index (χ0) is 34.4. The molecule has 0 bridgehead atoms. The summed E-state index contributed by atoms with van der Waals surface area (Å²) in [5.41, 5.74) is 13.8. The zero-order valence-corrected chi connectivity index (χ0v) is 29.5. The van der Waals surface area contributed by atoms with E-state index in [1.165, 1.54) is 15.9 Å². The van der Waals surface area contributed by atoms with Gasteiger partial charge in [0.1, 0.15) is 8.07 Å². The van der Waals surface area contributed by atoms with Crippen molar-refractivity contribution in [3.8, 4) is 78.7 Å². The second-order valence-electron chi connectivity index (χ2n) is 13.5. The van der Waals surface area contributed by atoms with Gasteiger partial charge in [0.25, 0.3) is 0 Å². The number of hydrogen-bond donors (Lipinski definition) is 0. The molecule has 9 rings (SSSR count). The van der Waals surface area contributed by atoms with E-state index in [-0.39, 0.29) is 0 Å². The number of nitrogens with zero attached hydrogens (tertiary/aromatic N) is 4. The first-order chi connectivity index (χ1) is 25.0. The van der Waals surface area contributed by atoms with Crippen LogP contribution in [0, 0.1) is 0 Å². The summed E-state index contributed by atoms with van der Waals surface area (Å²) in [4.78, 5) is 20.1. The van der Waals surface area contributed by atoms with E-state index in [0.717, 1.165) is 73.1 Å². The molecule has 0 saturated heterocycles. The molecule has 0 saturated carbocycles. The summed E-state index contributed by atoms with van der Waals surface area (Å²) in [6.07, 6.45) is 3.52. The summed E-state index contributed by atoms with van der Waals surface area (Å²) in [7, 11) is -2.01. The molecule has 0 fully saturated rings. The highest BCUT2D eigenvalue weighted by Crippen LogP contribution is 2.36. The standard InChI is InChI=1S/C46H34N4Si/c1-51(2)40-25-10-9-24-39(40)44-45(51)43(32-16-7-4-8-17-32)49-46(50-44)38-23-13-21-36(30-38)34-19-11-18-33(28-34)35-20-12-22-37(29-35)42-41(47-26-27-48-42)31-14-5-3-6-15-31/h3-30H,1-2H3. The molecule has 8 aromatic rings. The van der Waals surface area contributed by atoms with Crippen molar-refractivity contribution < 1.29 is 0 Å². The average molecular weight is 671 g/mol. The van der Waals surface area contributed by atoms with Crippen molar-refractivity contribution in [1.82, 2.24) is 19.9 Å². The molecule has 2 aromatic heterocycles. The number of rotatable bonds is 6. The van der Waals surface area contributed by atoms with E-state index in [9.17, 15) is 0 Å². The molecule has 0 amide bonds. The Balaban J connectivity index is 1.11. The molecule has 0 radical (unpaired) electrons. The minimum Gasteiger partial charge on any atom is -0.252 e. The first-order valence-corrected chi connectivity index (χ1v) is 20.3. The van der Waals surface area contributed by atoms with Gasteiger partial charge in [-0.1, -0.05) is 153 Å². The van der Waals surface area contributed by atoms with Crippen molar-refractivity contribution in [3.63, 3.8) is 0 Å². The molecule has 0 aliphatic carbocycles. The maximum Gasteiger partial charge on any atom is 0.160 e. The van der Waals surface area contributed by atoms with Crippen LogP contribution >= 0.6 is 0 Å². The Hall–Kier alpha value is -6.30. The molecule has 0 spiro atoms. The molecular formula is C46H34N4Si. The Kier molecular flexibility index (Phi) is 7.56. The monoisotopic (exact) mass is 670 g/mol. The lowest BCUT2D eigenvalue weighted by atomic mass is 9.95. The van der Waals surface area contributed by atoms with Gasteiger partial charge in [-0.25, -0.2) is 9.97 Å². The lowest BCUT2D eigenvalue weighted by Crippen LogP contribution is -2.50. The number of benzene rings is 6. The average Bonchev–Trinajstić information content (AvgIpc) is 3.44. The fourth-order valence-electron chi connectivity index (χ4n) is 7.47. The van der Waals surface area contributed by atoms with Crippen LogP contribution in [-0.4, -0.2) is 28.0 Å². The summed E-state index contributed by atoms with van der Waals surface area (Å²) in [6.45, 7) is 4.85. The van der Waals surface area contributed by atoms with Gasteiger partial charge in [-0.05, 0) is 56.4 Å². The third-order valence-electron chi connectivity index (χ3n) is 9.97. The lowest BCUT2D eigenvalue weighted by molar-refractivity contribution is 1.20. The molecular weight excluding hydrogens is 637 g/mol. The van der Waals surface area contributed by atoms with Crippen LogP contribution in [0.3, 0.4) is 0 Å². The van der Waals surface area contributed by atoms with Gasteiger partial charge in [-0.2, -0.15) is 0 Å². The zero-order valence-electron chi connectivity index (χ0n) is 28.5. The van der Waals surface area contributed by atoms with E-state index in [1.807, 2.05) is 18.2 Å². The molecule has 51 heavy (non-hydrogen) atoms. The molecule has 1 aliphatic rings. The maximum atomic E-state index is 5.34. The summed E-state index contributed by atoms with van der Waals surface area (Å²) < 4.78 is 0. The molecule has 0 unspecified atom stereocenters. The quantitative estimate of drug-likeness (QED) is 0.165. The van der Waals surface area contributed by atoms with Crippen molar-refractivity contribution in [2.45, 2.75) is 13.1 Å². The van der Waals surface area contributed by atoms with E-state index in [4.69, 9.17) is 19.9 Å². The summed E-state index contributed by atoms with van der Waals surface area (Å²) in [6, 6.07) is 55.6. The van der Waals surface area contributed by atoms with Crippen LogP contribution in [0.25, 0.3) is 78.7 Å². The SMILES string of the molecule is C[Si]1(C)c2ccccc2-c2nc(-c3cccc(-c4cccc(-c5cccc(-c6nccnc6-c6ccccc6)c5)c4)c3)nc(-c3ccccc3)c21. The summed E-state index contributed by atoms with van der Waals surface area (Å²) >= 11 is 0. The minimum atomic E-state index is -2.01. The van der Waals surface area contributed by atoms with Crippen molar-refractivity contribution in [1.29, 1.82) is 0 Å². The second kappa shape index (κ2) is 12.5. The van der Waals surface area contributed by atoms with E-state index >= 15 is 0 Å². The van der Waals surface area contributed by atoms with Gasteiger partial charge < -0.3 is 0 Å². The van der Waals surface area contributed by atoms with E-state index < -0.39 is 8.07 Å². The van der Waals surface area contributed by atoms with Gasteiger partial charge in [0.2, 0.25) is 0 Å². The molecule has 4 nitrogen and oxygen atoms in total. The topological polar surface area (TPSA) is 51.6 Å². The molecule has 3 heterocycles. The second-order valence-corrected chi connectivity index (χ2v) is 17.8. The normalized spacial score (nSPS) is 12.7. The summed E-state index contributed by atoms with van der Waals surface area (Å²) in [5, 5.41) is 2.75. The highest BCUT2D eigenvalue weighted by Gasteiger charge is 2.41. The third kappa shape index (κ3) is 5.48. The Morgan fingerprint density at radius 2 is 0.804 bits per heavy atom. The highest BCUT2D eigenvalue weighted by atomic mass is 28.3. The van der Waals surface area contributed by atoms with Crippen molar-refractivity contribution in [2.24, 2.45) is 0 Å². The van der Waals surface area contributed by atoms with Crippen LogP contribution in [0.4, 0.5) is 0 Å². The van der Waals surface area contributed by atoms with Crippen molar-refractivity contribution in [2.75, 3.05) is 0 Å². The Morgan fingerprint density at radius 3 is 1.43 bits per heavy atom. The Morgan fingerprint density at radius 1 is 0.373 bits per heavy atom. The van der Waals surface area contributed by atoms with Crippen LogP contribution < -0.4 is 10.4 Å². The van der Waals surface area contributed by atoms with Crippen LogP contribution in [0.1, 0.15) is 0 Å². The van der Waals surface area contributed by atoms with Crippen LogP contribution in [-0.2, 0) is 0 Å². The van der Waals surface area contributed by atoms with E-state index in [0.29, 0.717) is 0 Å². The van der Waals surface area contributed by atoms with Gasteiger partial charge in [-0.15, -0.1) is 0 Å². The molecule has 0 atom stereocenters. The highest BCUT2D eigenvalue weighted by molar-refractivity contribution is 7.04. The first-order valence-electron chi connectivity index (χ1n) is 17.3. The molecule has 1 aliphatic heterocycles. The largest absolute Gasteiger partial charge is 0.252 e. The summed E-state index contributed by atoms with van der Waals surface area (Å²) in [5.74, 6) is 0.748. The van der Waals surface area contributed by atoms with Gasteiger partial charge in [0, 0.05) is 34.6 Å².